The fraction of sp³-hybridized carbons (Fsp3) is 0.308. The largest absolute Gasteiger partial charge is 0.268 e. The molecule has 1 aliphatic carbocycles. The number of halogens is 1. The van der Waals surface area contributed by atoms with Crippen molar-refractivity contribution in [3.8, 4) is 5.69 Å². The maximum absolute atomic E-state index is 11.9. The number of para-hydroxylation sites is 1. The zero-order valence-electron chi connectivity index (χ0n) is 9.37. The molecule has 0 saturated heterocycles. The molecule has 1 aromatic heterocycles. The zero-order valence-corrected chi connectivity index (χ0v) is 11.0. The van der Waals surface area contributed by atoms with Gasteiger partial charge < -0.3 is 0 Å². The highest BCUT2D eigenvalue weighted by atomic mass is 79.9. The molecular weight excluding hydrogens is 280 g/mol. The van der Waals surface area contributed by atoms with Crippen LogP contribution in [0.2, 0.25) is 0 Å². The van der Waals surface area contributed by atoms with Crippen LogP contribution < -0.4 is 5.56 Å². The van der Waals surface area contributed by atoms with Crippen LogP contribution in [0.4, 0.5) is 0 Å². The van der Waals surface area contributed by atoms with Crippen LogP contribution in [0.3, 0.4) is 0 Å². The quantitative estimate of drug-likeness (QED) is 0.862. The molecule has 0 unspecified atom stereocenters. The number of nitrogens with zero attached hydrogens (tertiary/aromatic N) is 1. The third kappa shape index (κ3) is 1.76. The number of fused-ring (bicyclic) bond motifs is 1. The van der Waals surface area contributed by atoms with Gasteiger partial charge in [-0.15, -0.1) is 0 Å². The van der Waals surface area contributed by atoms with E-state index < -0.39 is 0 Å². The summed E-state index contributed by atoms with van der Waals surface area (Å²) in [5, 5.41) is 2.94. The van der Waals surface area contributed by atoms with Crippen molar-refractivity contribution in [3.05, 3.63) is 50.3 Å². The zero-order chi connectivity index (χ0) is 11.8. The second-order valence-electron chi connectivity index (χ2n) is 4.36. The molecule has 0 amide bonds. The fourth-order valence-electron chi connectivity index (χ4n) is 2.46. The Hall–Kier alpha value is -1.29. The molecule has 0 bridgehead atoms. The summed E-state index contributed by atoms with van der Waals surface area (Å²) in [4.78, 5) is 11.9. The number of benzene rings is 1. The first kappa shape index (κ1) is 10.8. The second-order valence-corrected chi connectivity index (χ2v) is 5.21. The van der Waals surface area contributed by atoms with E-state index >= 15 is 0 Å². The van der Waals surface area contributed by atoms with E-state index in [0.717, 1.165) is 47.1 Å². The van der Waals surface area contributed by atoms with Crippen molar-refractivity contribution >= 4 is 15.9 Å². The Morgan fingerprint density at radius 3 is 2.76 bits per heavy atom. The summed E-state index contributed by atoms with van der Waals surface area (Å²) in [5.41, 5.74) is 3.18. The number of aromatic nitrogens is 2. The van der Waals surface area contributed by atoms with Gasteiger partial charge in [-0.2, -0.15) is 0 Å². The molecule has 3 rings (SSSR count). The Labute approximate surface area is 108 Å². The van der Waals surface area contributed by atoms with Crippen molar-refractivity contribution in [2.45, 2.75) is 25.7 Å². The van der Waals surface area contributed by atoms with Crippen LogP contribution in [0, 0.1) is 0 Å². The van der Waals surface area contributed by atoms with Crippen LogP contribution in [0.5, 0.6) is 0 Å². The molecule has 0 fully saturated rings. The minimum Gasteiger partial charge on any atom is -0.268 e. The molecule has 0 atom stereocenters. The van der Waals surface area contributed by atoms with Gasteiger partial charge in [0.15, 0.2) is 0 Å². The van der Waals surface area contributed by atoms with E-state index in [1.54, 1.807) is 0 Å². The maximum Gasteiger partial charge on any atom is 0.267 e. The smallest absolute Gasteiger partial charge is 0.267 e. The van der Waals surface area contributed by atoms with E-state index in [9.17, 15) is 4.79 Å². The molecular formula is C13H13BrN2O. The molecule has 2 aromatic rings. The summed E-state index contributed by atoms with van der Waals surface area (Å²) in [7, 11) is 0. The van der Waals surface area contributed by atoms with Crippen molar-refractivity contribution in [2.24, 2.45) is 0 Å². The maximum atomic E-state index is 11.9. The Bertz CT molecular complexity index is 612. The van der Waals surface area contributed by atoms with Crippen molar-refractivity contribution < 1.29 is 0 Å². The Morgan fingerprint density at radius 1 is 1.18 bits per heavy atom. The van der Waals surface area contributed by atoms with Crippen molar-refractivity contribution in [3.63, 3.8) is 0 Å². The topological polar surface area (TPSA) is 37.8 Å². The van der Waals surface area contributed by atoms with Gasteiger partial charge in [0.05, 0.1) is 5.69 Å². The molecule has 17 heavy (non-hydrogen) atoms. The highest BCUT2D eigenvalue weighted by Crippen LogP contribution is 2.25. The molecule has 4 heteroatoms. The minimum atomic E-state index is 0.0652. The van der Waals surface area contributed by atoms with Crippen molar-refractivity contribution in [2.75, 3.05) is 0 Å². The van der Waals surface area contributed by atoms with E-state index in [4.69, 9.17) is 0 Å². The van der Waals surface area contributed by atoms with Crippen molar-refractivity contribution in [1.29, 1.82) is 0 Å². The van der Waals surface area contributed by atoms with Gasteiger partial charge in [0.2, 0.25) is 0 Å². The third-order valence-electron chi connectivity index (χ3n) is 3.29. The average molecular weight is 293 g/mol. The number of nitrogens with one attached hydrogen (secondary N) is 1. The molecule has 1 N–H and O–H groups in total. The molecule has 1 aromatic carbocycles. The first-order valence-electron chi connectivity index (χ1n) is 5.85. The lowest BCUT2D eigenvalue weighted by atomic mass is 9.98. The predicted octanol–water partition coefficient (Wildman–Crippen LogP) is 2.81. The number of hydrogen-bond acceptors (Lipinski definition) is 1. The Morgan fingerprint density at radius 2 is 1.94 bits per heavy atom. The molecule has 88 valence electrons. The van der Waals surface area contributed by atoms with Gasteiger partial charge in [-0.3, -0.25) is 14.6 Å². The normalized spacial score (nSPS) is 14.6. The highest BCUT2D eigenvalue weighted by molar-refractivity contribution is 9.10. The van der Waals surface area contributed by atoms with Crippen LogP contribution in [0.25, 0.3) is 5.69 Å². The van der Waals surface area contributed by atoms with Crippen LogP contribution in [0.1, 0.15) is 24.1 Å². The summed E-state index contributed by atoms with van der Waals surface area (Å²) in [6, 6.07) is 7.95. The first-order chi connectivity index (χ1) is 8.27. The van der Waals surface area contributed by atoms with Gasteiger partial charge in [-0.25, -0.2) is 0 Å². The van der Waals surface area contributed by atoms with E-state index in [1.165, 1.54) is 0 Å². The van der Waals surface area contributed by atoms with Crippen LogP contribution in [0.15, 0.2) is 33.5 Å². The summed E-state index contributed by atoms with van der Waals surface area (Å²) >= 11 is 3.53. The highest BCUT2D eigenvalue weighted by Gasteiger charge is 2.19. The first-order valence-corrected chi connectivity index (χ1v) is 6.64. The van der Waals surface area contributed by atoms with Gasteiger partial charge in [0.25, 0.3) is 5.56 Å². The summed E-state index contributed by atoms with van der Waals surface area (Å²) in [6.45, 7) is 0. The predicted molar refractivity (Wildman–Crippen MR) is 70.7 cm³/mol. The van der Waals surface area contributed by atoms with Crippen LogP contribution >= 0.6 is 15.9 Å². The molecule has 1 heterocycles. The Kier molecular flexibility index (Phi) is 2.67. The van der Waals surface area contributed by atoms with Gasteiger partial charge in [-0.05, 0) is 53.7 Å². The molecule has 0 saturated carbocycles. The Balaban J connectivity index is 2.22. The summed E-state index contributed by atoms with van der Waals surface area (Å²) < 4.78 is 2.93. The molecule has 0 aliphatic heterocycles. The van der Waals surface area contributed by atoms with Crippen LogP contribution in [-0.2, 0) is 12.8 Å². The van der Waals surface area contributed by atoms with E-state index in [-0.39, 0.29) is 5.56 Å². The van der Waals surface area contributed by atoms with Gasteiger partial charge in [0.1, 0.15) is 0 Å². The van der Waals surface area contributed by atoms with Gasteiger partial charge >= 0.3 is 0 Å². The summed E-state index contributed by atoms with van der Waals surface area (Å²) in [6.07, 6.45) is 4.17. The monoisotopic (exact) mass is 292 g/mol. The summed E-state index contributed by atoms with van der Waals surface area (Å²) in [5.74, 6) is 0. The van der Waals surface area contributed by atoms with E-state index in [0.29, 0.717) is 0 Å². The molecule has 1 aliphatic rings. The average Bonchev–Trinajstić information content (AvgIpc) is 2.68. The third-order valence-corrected chi connectivity index (χ3v) is 3.96. The minimum absolute atomic E-state index is 0.0652. The van der Waals surface area contributed by atoms with Crippen LogP contribution in [-0.4, -0.2) is 9.78 Å². The molecule has 3 nitrogen and oxygen atoms in total. The lowest BCUT2D eigenvalue weighted by Gasteiger charge is -2.14. The number of hydrogen-bond donors (Lipinski definition) is 1. The number of rotatable bonds is 1. The van der Waals surface area contributed by atoms with Gasteiger partial charge in [0, 0.05) is 15.7 Å². The number of H-pyrrole nitrogens is 1. The van der Waals surface area contributed by atoms with E-state index in [1.807, 2.05) is 28.9 Å². The second kappa shape index (κ2) is 4.18. The number of aromatic amines is 1. The van der Waals surface area contributed by atoms with Crippen molar-refractivity contribution in [1.82, 2.24) is 9.78 Å². The molecule has 0 radical (unpaired) electrons. The lowest BCUT2D eigenvalue weighted by molar-refractivity contribution is 0.652. The SMILES string of the molecule is O=c1[nH]n(-c2ccccc2Br)c2c1CCCC2. The standard InChI is InChI=1S/C13H13BrN2O/c14-10-6-2-4-8-12(10)16-11-7-3-1-5-9(11)13(17)15-16/h2,4,6,8H,1,3,5,7H2,(H,15,17). The fourth-order valence-corrected chi connectivity index (χ4v) is 2.92. The lowest BCUT2D eigenvalue weighted by Crippen LogP contribution is -2.10. The van der Waals surface area contributed by atoms with E-state index in [2.05, 4.69) is 21.0 Å². The molecule has 0 spiro atoms. The van der Waals surface area contributed by atoms with Gasteiger partial charge in [-0.1, -0.05) is 12.1 Å².